The van der Waals surface area contributed by atoms with Crippen molar-refractivity contribution in [1.29, 1.82) is 0 Å². The summed E-state index contributed by atoms with van der Waals surface area (Å²) in [5.74, 6) is 0.515. The van der Waals surface area contributed by atoms with E-state index in [1.807, 2.05) is 27.7 Å². The van der Waals surface area contributed by atoms with E-state index in [1.54, 1.807) is 23.1 Å². The highest BCUT2D eigenvalue weighted by atomic mass is 35.5. The number of carbonyl (C=O) groups excluding carboxylic acids is 2. The van der Waals surface area contributed by atoms with E-state index in [1.165, 1.54) is 0 Å². The molecule has 29 heavy (non-hydrogen) atoms. The molecule has 1 N–H and O–H groups in total. The molecule has 2 rings (SSSR count). The maximum Gasteiger partial charge on any atom is 0.410 e. The topological polar surface area (TPSA) is 71.1 Å². The molecule has 1 saturated heterocycles. The number of nitrogens with zero attached hydrogens (tertiary/aromatic N) is 2. The molecular weight excluding hydrogens is 394 g/mol. The van der Waals surface area contributed by atoms with Crippen LogP contribution in [0.25, 0.3) is 0 Å². The molecule has 0 spiro atoms. The first-order valence-corrected chi connectivity index (χ1v) is 10.4. The summed E-state index contributed by atoms with van der Waals surface area (Å²) < 4.78 is 10.9. The standard InChI is InChI=1S/C21H32ClN3O4/c1-16-14-17(22)6-7-18(16)28-15-19(26)23-8-5-9-24-10-12-25(13-11-24)20(27)29-21(2,3)4/h6-7,14H,5,8-13,15H2,1-4H3,(H,23,26). The van der Waals surface area contributed by atoms with Crippen LogP contribution in [0.4, 0.5) is 4.79 Å². The summed E-state index contributed by atoms with van der Waals surface area (Å²) in [6.07, 6.45) is 0.596. The van der Waals surface area contributed by atoms with Crippen molar-refractivity contribution in [1.82, 2.24) is 15.1 Å². The van der Waals surface area contributed by atoms with Gasteiger partial charge in [0.2, 0.25) is 0 Å². The molecule has 0 atom stereocenters. The minimum absolute atomic E-state index is 0.0168. The summed E-state index contributed by atoms with van der Waals surface area (Å²) in [5, 5.41) is 3.52. The van der Waals surface area contributed by atoms with Gasteiger partial charge in [-0.3, -0.25) is 9.69 Å². The van der Waals surface area contributed by atoms with Crippen LogP contribution in [0.2, 0.25) is 5.02 Å². The van der Waals surface area contributed by atoms with Crippen LogP contribution in [-0.2, 0) is 9.53 Å². The molecule has 0 unspecified atom stereocenters. The van der Waals surface area contributed by atoms with Crippen molar-refractivity contribution >= 4 is 23.6 Å². The number of piperazine rings is 1. The van der Waals surface area contributed by atoms with Crippen molar-refractivity contribution in [2.45, 2.75) is 39.7 Å². The maximum atomic E-state index is 12.1. The second-order valence-corrected chi connectivity index (χ2v) is 8.65. The quantitative estimate of drug-likeness (QED) is 0.680. The van der Waals surface area contributed by atoms with E-state index in [0.29, 0.717) is 30.4 Å². The summed E-state index contributed by atoms with van der Waals surface area (Å²) >= 11 is 5.91. The second-order valence-electron chi connectivity index (χ2n) is 8.21. The van der Waals surface area contributed by atoms with E-state index in [9.17, 15) is 9.59 Å². The lowest BCUT2D eigenvalue weighted by molar-refractivity contribution is -0.123. The molecule has 0 bridgehead atoms. The van der Waals surface area contributed by atoms with Crippen molar-refractivity contribution in [2.75, 3.05) is 45.9 Å². The van der Waals surface area contributed by atoms with Gasteiger partial charge in [0, 0.05) is 37.7 Å². The Morgan fingerprint density at radius 2 is 1.86 bits per heavy atom. The smallest absolute Gasteiger partial charge is 0.410 e. The van der Waals surface area contributed by atoms with Crippen LogP contribution < -0.4 is 10.1 Å². The highest BCUT2D eigenvalue weighted by molar-refractivity contribution is 6.30. The summed E-state index contributed by atoms with van der Waals surface area (Å²) in [6, 6.07) is 5.31. The number of benzene rings is 1. The third-order valence-corrected chi connectivity index (χ3v) is 4.73. The number of aryl methyl sites for hydroxylation is 1. The molecule has 8 heteroatoms. The molecule has 2 amide bonds. The predicted molar refractivity (Wildman–Crippen MR) is 114 cm³/mol. The van der Waals surface area contributed by atoms with Crippen molar-refractivity contribution in [3.05, 3.63) is 28.8 Å². The fourth-order valence-corrected chi connectivity index (χ4v) is 3.21. The van der Waals surface area contributed by atoms with Gasteiger partial charge in [0.05, 0.1) is 0 Å². The second kappa shape index (κ2) is 10.7. The van der Waals surface area contributed by atoms with E-state index >= 15 is 0 Å². The average molecular weight is 426 g/mol. The molecule has 1 aromatic carbocycles. The van der Waals surface area contributed by atoms with Gasteiger partial charge in [-0.05, 0) is 64.4 Å². The van der Waals surface area contributed by atoms with Crippen molar-refractivity contribution in [3.8, 4) is 5.75 Å². The van der Waals surface area contributed by atoms with E-state index in [0.717, 1.165) is 31.6 Å². The monoisotopic (exact) mass is 425 g/mol. The van der Waals surface area contributed by atoms with Crippen LogP contribution in [0.5, 0.6) is 5.75 Å². The molecule has 0 saturated carbocycles. The molecule has 0 aliphatic carbocycles. The fourth-order valence-electron chi connectivity index (χ4n) is 2.98. The van der Waals surface area contributed by atoms with Gasteiger partial charge in [-0.25, -0.2) is 4.79 Å². The number of halogens is 1. The lowest BCUT2D eigenvalue weighted by Crippen LogP contribution is -2.50. The molecule has 0 radical (unpaired) electrons. The number of ether oxygens (including phenoxy) is 2. The molecule has 1 heterocycles. The molecule has 1 fully saturated rings. The van der Waals surface area contributed by atoms with Gasteiger partial charge in [0.25, 0.3) is 5.91 Å². The van der Waals surface area contributed by atoms with E-state index in [4.69, 9.17) is 21.1 Å². The number of rotatable bonds is 7. The lowest BCUT2D eigenvalue weighted by Gasteiger charge is -2.35. The first-order valence-electron chi connectivity index (χ1n) is 10.00. The van der Waals surface area contributed by atoms with Crippen molar-refractivity contribution in [2.24, 2.45) is 0 Å². The van der Waals surface area contributed by atoms with Crippen LogP contribution in [0, 0.1) is 6.92 Å². The largest absolute Gasteiger partial charge is 0.484 e. The Balaban J connectivity index is 1.57. The predicted octanol–water partition coefficient (Wildman–Crippen LogP) is 3.09. The van der Waals surface area contributed by atoms with Crippen LogP contribution >= 0.6 is 11.6 Å². The fraction of sp³-hybridized carbons (Fsp3) is 0.619. The van der Waals surface area contributed by atoms with Gasteiger partial charge in [-0.1, -0.05) is 11.6 Å². The number of nitrogens with one attached hydrogen (secondary N) is 1. The zero-order chi connectivity index (χ0) is 21.4. The van der Waals surface area contributed by atoms with Crippen LogP contribution in [-0.4, -0.2) is 73.3 Å². The summed E-state index contributed by atoms with van der Waals surface area (Å²) in [4.78, 5) is 28.1. The lowest BCUT2D eigenvalue weighted by atomic mass is 10.2. The first-order chi connectivity index (χ1) is 13.6. The number of carbonyl (C=O) groups is 2. The Morgan fingerprint density at radius 3 is 2.48 bits per heavy atom. The highest BCUT2D eigenvalue weighted by Crippen LogP contribution is 2.21. The van der Waals surface area contributed by atoms with Crippen LogP contribution in [0.15, 0.2) is 18.2 Å². The highest BCUT2D eigenvalue weighted by Gasteiger charge is 2.25. The zero-order valence-electron chi connectivity index (χ0n) is 17.8. The van der Waals surface area contributed by atoms with Gasteiger partial charge in [0.15, 0.2) is 6.61 Å². The minimum atomic E-state index is -0.470. The summed E-state index contributed by atoms with van der Waals surface area (Å²) in [6.45, 7) is 11.9. The molecule has 1 aliphatic rings. The van der Waals surface area contributed by atoms with Gasteiger partial charge in [-0.15, -0.1) is 0 Å². The molecule has 0 aromatic heterocycles. The van der Waals surface area contributed by atoms with E-state index in [-0.39, 0.29) is 18.6 Å². The van der Waals surface area contributed by atoms with E-state index < -0.39 is 5.60 Å². The zero-order valence-corrected chi connectivity index (χ0v) is 18.6. The Hall–Kier alpha value is -1.99. The van der Waals surface area contributed by atoms with Crippen molar-refractivity contribution < 1.29 is 19.1 Å². The Kier molecular flexibility index (Phi) is 8.59. The normalized spacial score (nSPS) is 15.1. The van der Waals surface area contributed by atoms with Gasteiger partial charge < -0.3 is 19.7 Å². The molecule has 1 aliphatic heterocycles. The molecule has 1 aromatic rings. The van der Waals surface area contributed by atoms with Crippen molar-refractivity contribution in [3.63, 3.8) is 0 Å². The Labute approximate surface area is 178 Å². The van der Waals surface area contributed by atoms with Crippen LogP contribution in [0.3, 0.4) is 0 Å². The minimum Gasteiger partial charge on any atom is -0.484 e. The summed E-state index contributed by atoms with van der Waals surface area (Å²) in [5.41, 5.74) is 0.429. The van der Waals surface area contributed by atoms with E-state index in [2.05, 4.69) is 10.2 Å². The van der Waals surface area contributed by atoms with Crippen LogP contribution in [0.1, 0.15) is 32.8 Å². The third kappa shape index (κ3) is 8.50. The molecule has 7 nitrogen and oxygen atoms in total. The SMILES string of the molecule is Cc1cc(Cl)ccc1OCC(=O)NCCCN1CCN(C(=O)OC(C)(C)C)CC1. The molecular formula is C21H32ClN3O4. The first kappa shape index (κ1) is 23.3. The number of hydrogen-bond donors (Lipinski definition) is 1. The maximum absolute atomic E-state index is 12.1. The molecule has 162 valence electrons. The van der Waals surface area contributed by atoms with Gasteiger partial charge in [-0.2, -0.15) is 0 Å². The average Bonchev–Trinajstić information content (AvgIpc) is 2.63. The van der Waals surface area contributed by atoms with Gasteiger partial charge in [0.1, 0.15) is 11.4 Å². The number of amides is 2. The summed E-state index contributed by atoms with van der Waals surface area (Å²) in [7, 11) is 0. The number of hydrogen-bond acceptors (Lipinski definition) is 5. The van der Waals surface area contributed by atoms with Gasteiger partial charge >= 0.3 is 6.09 Å². The third-order valence-electron chi connectivity index (χ3n) is 4.49. The Bertz CT molecular complexity index is 698. The Morgan fingerprint density at radius 1 is 1.17 bits per heavy atom.